The predicted molar refractivity (Wildman–Crippen MR) is 128 cm³/mol. The first-order chi connectivity index (χ1) is 16.4. The Labute approximate surface area is 200 Å². The number of hydrogen-bond acceptors (Lipinski definition) is 4. The van der Waals surface area contributed by atoms with E-state index in [0.29, 0.717) is 44.8 Å². The molecule has 4 rings (SSSR count). The summed E-state index contributed by atoms with van der Waals surface area (Å²) >= 11 is 0. The average molecular weight is 465 g/mol. The summed E-state index contributed by atoms with van der Waals surface area (Å²) in [7, 11) is 0. The van der Waals surface area contributed by atoms with E-state index in [-0.39, 0.29) is 30.8 Å². The SMILES string of the molecule is CC(CCCNC(=O)OCC1c2ccccc2-c2ccccc21)C(=O)N1CC(CCC(=O)O)C1. The number of carbonyl (C=O) groups excluding carboxylic acids is 2. The fraction of sp³-hybridized carbons (Fsp3) is 0.444. The molecule has 0 aromatic heterocycles. The number of rotatable bonds is 10. The highest BCUT2D eigenvalue weighted by atomic mass is 16.5. The van der Waals surface area contributed by atoms with Crippen molar-refractivity contribution in [2.24, 2.45) is 11.8 Å². The number of hydrogen-bond donors (Lipinski definition) is 2. The first-order valence-corrected chi connectivity index (χ1v) is 12.0. The van der Waals surface area contributed by atoms with Gasteiger partial charge in [0.1, 0.15) is 6.61 Å². The molecule has 1 atom stereocenters. The lowest BCUT2D eigenvalue weighted by atomic mass is 9.92. The average Bonchev–Trinajstić information content (AvgIpc) is 3.12. The van der Waals surface area contributed by atoms with Crippen LogP contribution in [0.2, 0.25) is 0 Å². The molecule has 0 radical (unpaired) electrons. The van der Waals surface area contributed by atoms with Crippen LogP contribution >= 0.6 is 0 Å². The number of fused-ring (bicyclic) bond motifs is 3. The summed E-state index contributed by atoms with van der Waals surface area (Å²) in [5.41, 5.74) is 4.75. The Morgan fingerprint density at radius 1 is 1.06 bits per heavy atom. The van der Waals surface area contributed by atoms with E-state index >= 15 is 0 Å². The van der Waals surface area contributed by atoms with Crippen molar-refractivity contribution >= 4 is 18.0 Å². The summed E-state index contributed by atoms with van der Waals surface area (Å²) < 4.78 is 5.54. The number of aliphatic carboxylic acids is 1. The van der Waals surface area contributed by atoms with Crippen LogP contribution < -0.4 is 5.32 Å². The summed E-state index contributed by atoms with van der Waals surface area (Å²) in [6.07, 6.45) is 1.71. The number of nitrogens with zero attached hydrogens (tertiary/aromatic N) is 1. The standard InChI is InChI=1S/C27H32N2O5/c1-18(26(32)29-15-19(16-29)12-13-25(30)31)7-6-14-28-27(33)34-17-24-22-10-4-2-8-20(22)21-9-3-5-11-23(21)24/h2-5,8-11,18-19,24H,6-7,12-17H2,1H3,(H,28,33)(H,30,31). The number of benzene rings is 2. The zero-order valence-corrected chi connectivity index (χ0v) is 19.5. The second kappa shape index (κ2) is 10.7. The molecular weight excluding hydrogens is 432 g/mol. The van der Waals surface area contributed by atoms with Crippen LogP contribution in [0, 0.1) is 11.8 Å². The second-order valence-electron chi connectivity index (χ2n) is 9.34. The van der Waals surface area contributed by atoms with Crippen molar-refractivity contribution in [2.75, 3.05) is 26.2 Å². The highest BCUT2D eigenvalue weighted by molar-refractivity contribution is 5.80. The van der Waals surface area contributed by atoms with Gasteiger partial charge in [0.2, 0.25) is 5.91 Å². The molecule has 0 bridgehead atoms. The number of carboxylic acid groups (broad SMARTS) is 1. The lowest BCUT2D eigenvalue weighted by molar-refractivity contribution is -0.142. The minimum absolute atomic E-state index is 0.0339. The third-order valence-corrected chi connectivity index (χ3v) is 6.88. The number of ether oxygens (including phenoxy) is 1. The molecule has 0 saturated carbocycles. The van der Waals surface area contributed by atoms with Gasteiger partial charge in [-0.25, -0.2) is 4.79 Å². The van der Waals surface area contributed by atoms with Crippen LogP contribution in [0.1, 0.15) is 49.7 Å². The Kier molecular flexibility index (Phi) is 7.50. The topological polar surface area (TPSA) is 95.9 Å². The number of amides is 2. The van der Waals surface area contributed by atoms with Crippen molar-refractivity contribution in [3.05, 3.63) is 59.7 Å². The van der Waals surface area contributed by atoms with Gasteiger partial charge in [0, 0.05) is 37.9 Å². The third-order valence-electron chi connectivity index (χ3n) is 6.88. The highest BCUT2D eigenvalue weighted by Gasteiger charge is 2.33. The van der Waals surface area contributed by atoms with Gasteiger partial charge in [-0.2, -0.15) is 0 Å². The minimum Gasteiger partial charge on any atom is -0.481 e. The van der Waals surface area contributed by atoms with Crippen molar-refractivity contribution in [1.82, 2.24) is 10.2 Å². The fourth-order valence-corrected chi connectivity index (χ4v) is 4.94. The monoisotopic (exact) mass is 464 g/mol. The molecule has 1 aliphatic carbocycles. The van der Waals surface area contributed by atoms with Gasteiger partial charge in [0.25, 0.3) is 0 Å². The van der Waals surface area contributed by atoms with Crippen LogP contribution in [0.15, 0.2) is 48.5 Å². The second-order valence-corrected chi connectivity index (χ2v) is 9.34. The zero-order chi connectivity index (χ0) is 24.1. The largest absolute Gasteiger partial charge is 0.481 e. The molecule has 2 amide bonds. The molecule has 2 N–H and O–H groups in total. The first kappa shape index (κ1) is 23.8. The first-order valence-electron chi connectivity index (χ1n) is 12.0. The lowest BCUT2D eigenvalue weighted by Crippen LogP contribution is -2.51. The molecule has 180 valence electrons. The number of alkyl carbamates (subject to hydrolysis) is 1. The minimum atomic E-state index is -0.790. The van der Waals surface area contributed by atoms with Crippen LogP contribution in [0.25, 0.3) is 11.1 Å². The van der Waals surface area contributed by atoms with Crippen LogP contribution in [0.4, 0.5) is 4.79 Å². The fourth-order valence-electron chi connectivity index (χ4n) is 4.94. The summed E-state index contributed by atoms with van der Waals surface area (Å²) in [5, 5.41) is 11.6. The van der Waals surface area contributed by atoms with Gasteiger partial charge in [-0.3, -0.25) is 9.59 Å². The van der Waals surface area contributed by atoms with Crippen LogP contribution in [0.3, 0.4) is 0 Å². The van der Waals surface area contributed by atoms with Crippen molar-refractivity contribution in [2.45, 2.75) is 38.5 Å². The number of likely N-dealkylation sites (tertiary alicyclic amines) is 1. The number of carbonyl (C=O) groups is 3. The summed E-state index contributed by atoms with van der Waals surface area (Å²) in [6, 6.07) is 16.5. The smallest absolute Gasteiger partial charge is 0.407 e. The Hall–Kier alpha value is -3.35. The van der Waals surface area contributed by atoms with Crippen LogP contribution in [-0.4, -0.2) is 54.2 Å². The Balaban J connectivity index is 1.15. The van der Waals surface area contributed by atoms with Gasteiger partial charge in [-0.05, 0) is 47.4 Å². The van der Waals surface area contributed by atoms with Crippen LogP contribution in [0.5, 0.6) is 0 Å². The van der Waals surface area contributed by atoms with E-state index in [1.165, 1.54) is 22.3 Å². The molecular formula is C27H32N2O5. The molecule has 34 heavy (non-hydrogen) atoms. The summed E-state index contributed by atoms with van der Waals surface area (Å²) in [6.45, 7) is 3.94. The van der Waals surface area contributed by atoms with Crippen molar-refractivity contribution in [1.29, 1.82) is 0 Å². The Bertz CT molecular complexity index is 1000. The molecule has 0 spiro atoms. The Morgan fingerprint density at radius 3 is 2.29 bits per heavy atom. The molecule has 2 aromatic rings. The van der Waals surface area contributed by atoms with Gasteiger partial charge in [0.05, 0.1) is 0 Å². The van der Waals surface area contributed by atoms with Gasteiger partial charge in [0.15, 0.2) is 0 Å². The Morgan fingerprint density at radius 2 is 1.68 bits per heavy atom. The van der Waals surface area contributed by atoms with E-state index in [9.17, 15) is 14.4 Å². The summed E-state index contributed by atoms with van der Waals surface area (Å²) in [5.74, 6) is -0.478. The quantitative estimate of drug-likeness (QED) is 0.512. The number of carboxylic acids is 1. The molecule has 1 heterocycles. The van der Waals surface area contributed by atoms with Crippen molar-refractivity contribution < 1.29 is 24.2 Å². The van der Waals surface area contributed by atoms with Gasteiger partial charge >= 0.3 is 12.1 Å². The maximum absolute atomic E-state index is 12.5. The van der Waals surface area contributed by atoms with E-state index in [0.717, 1.165) is 0 Å². The van der Waals surface area contributed by atoms with E-state index in [1.54, 1.807) is 4.90 Å². The van der Waals surface area contributed by atoms with Crippen molar-refractivity contribution in [3.8, 4) is 11.1 Å². The maximum Gasteiger partial charge on any atom is 0.407 e. The molecule has 1 unspecified atom stereocenters. The third kappa shape index (κ3) is 5.41. The zero-order valence-electron chi connectivity index (χ0n) is 19.5. The molecule has 2 aliphatic rings. The van der Waals surface area contributed by atoms with Gasteiger partial charge in [-0.15, -0.1) is 0 Å². The molecule has 1 saturated heterocycles. The molecule has 1 aliphatic heterocycles. The summed E-state index contributed by atoms with van der Waals surface area (Å²) in [4.78, 5) is 37.2. The van der Waals surface area contributed by atoms with Crippen LogP contribution in [-0.2, 0) is 14.3 Å². The van der Waals surface area contributed by atoms with E-state index in [1.807, 2.05) is 31.2 Å². The van der Waals surface area contributed by atoms with E-state index in [4.69, 9.17) is 9.84 Å². The number of nitrogens with one attached hydrogen (secondary N) is 1. The predicted octanol–water partition coefficient (Wildman–Crippen LogP) is 4.26. The van der Waals surface area contributed by atoms with Gasteiger partial charge in [-0.1, -0.05) is 55.5 Å². The highest BCUT2D eigenvalue weighted by Crippen LogP contribution is 2.44. The van der Waals surface area contributed by atoms with E-state index in [2.05, 4.69) is 29.6 Å². The normalized spacial score (nSPS) is 15.7. The lowest BCUT2D eigenvalue weighted by Gasteiger charge is -2.40. The van der Waals surface area contributed by atoms with Gasteiger partial charge < -0.3 is 20.1 Å². The maximum atomic E-state index is 12.5. The molecule has 7 nitrogen and oxygen atoms in total. The van der Waals surface area contributed by atoms with E-state index < -0.39 is 12.1 Å². The molecule has 1 fully saturated rings. The van der Waals surface area contributed by atoms with Crippen molar-refractivity contribution in [3.63, 3.8) is 0 Å². The molecule has 2 aromatic carbocycles. The molecule has 7 heteroatoms.